The number of amides is 1. The third-order valence-electron chi connectivity index (χ3n) is 5.94. The third kappa shape index (κ3) is 4.39. The van der Waals surface area contributed by atoms with E-state index in [9.17, 15) is 4.79 Å². The number of thiophene rings is 1. The van der Waals surface area contributed by atoms with Crippen molar-refractivity contribution in [3.8, 4) is 10.7 Å². The molecule has 0 aliphatic heterocycles. The van der Waals surface area contributed by atoms with Gasteiger partial charge in [-0.05, 0) is 67.3 Å². The van der Waals surface area contributed by atoms with Crippen molar-refractivity contribution >= 4 is 28.3 Å². The summed E-state index contributed by atoms with van der Waals surface area (Å²) < 4.78 is 7.47. The Morgan fingerprint density at radius 3 is 2.94 bits per heavy atom. The van der Waals surface area contributed by atoms with Gasteiger partial charge < -0.3 is 14.4 Å². The minimum atomic E-state index is 0.0178. The van der Waals surface area contributed by atoms with Crippen molar-refractivity contribution in [1.82, 2.24) is 25.0 Å². The van der Waals surface area contributed by atoms with Crippen LogP contribution in [0.1, 0.15) is 36.3 Å². The second kappa shape index (κ2) is 8.26. The van der Waals surface area contributed by atoms with Gasteiger partial charge in [-0.1, -0.05) is 11.2 Å². The summed E-state index contributed by atoms with van der Waals surface area (Å²) in [5, 5.41) is 9.22. The van der Waals surface area contributed by atoms with E-state index in [1.165, 1.54) is 11.1 Å². The van der Waals surface area contributed by atoms with Crippen LogP contribution < -0.4 is 5.32 Å². The van der Waals surface area contributed by atoms with Crippen LogP contribution in [0.25, 0.3) is 21.7 Å². The van der Waals surface area contributed by atoms with Gasteiger partial charge in [-0.3, -0.25) is 4.79 Å². The van der Waals surface area contributed by atoms with E-state index in [1.807, 2.05) is 23.8 Å². The Labute approximate surface area is 184 Å². The molecule has 160 valence electrons. The molecule has 1 N–H and O–H groups in total. The fourth-order valence-corrected chi connectivity index (χ4v) is 4.49. The molecule has 0 radical (unpaired) electrons. The van der Waals surface area contributed by atoms with Gasteiger partial charge in [0.05, 0.1) is 22.2 Å². The zero-order chi connectivity index (χ0) is 21.4. The molecule has 1 atom stereocenters. The smallest absolute Gasteiger partial charge is 0.227 e. The summed E-state index contributed by atoms with van der Waals surface area (Å²) in [7, 11) is 0. The number of hydrogen-bond donors (Lipinski definition) is 1. The normalized spacial score (nSPS) is 14.8. The molecule has 5 rings (SSSR count). The van der Waals surface area contributed by atoms with Crippen LogP contribution in [0.3, 0.4) is 0 Å². The van der Waals surface area contributed by atoms with E-state index in [0.717, 1.165) is 35.3 Å². The quantitative estimate of drug-likeness (QED) is 0.446. The van der Waals surface area contributed by atoms with Crippen molar-refractivity contribution in [2.24, 2.45) is 5.92 Å². The Bertz CT molecular complexity index is 1210. The standard InChI is InChI=1S/C23H25N5O2S/c1-14-10-17-19(11-15(14)2)28(13-24-17)12-18(16-5-6-16)25-21(29)7-8-22-26-23(27-30-22)20-4-3-9-31-20/h3-4,9-11,13,16,18H,5-8,12H2,1-2H3,(H,25,29)/t18-/m0/s1. The number of carbonyl (C=O) groups is 1. The Balaban J connectivity index is 1.22. The van der Waals surface area contributed by atoms with Crippen molar-refractivity contribution in [3.63, 3.8) is 0 Å². The van der Waals surface area contributed by atoms with Crippen molar-refractivity contribution in [2.75, 3.05) is 0 Å². The van der Waals surface area contributed by atoms with Gasteiger partial charge in [0.1, 0.15) is 0 Å². The molecule has 1 fully saturated rings. The molecule has 7 nitrogen and oxygen atoms in total. The minimum absolute atomic E-state index is 0.0178. The molecule has 31 heavy (non-hydrogen) atoms. The van der Waals surface area contributed by atoms with Gasteiger partial charge in [0.25, 0.3) is 0 Å². The number of aromatic nitrogens is 4. The van der Waals surface area contributed by atoms with Gasteiger partial charge in [-0.25, -0.2) is 4.98 Å². The summed E-state index contributed by atoms with van der Waals surface area (Å²) in [5.41, 5.74) is 4.62. The van der Waals surface area contributed by atoms with E-state index in [2.05, 4.69) is 51.0 Å². The Morgan fingerprint density at radius 1 is 1.32 bits per heavy atom. The van der Waals surface area contributed by atoms with Crippen molar-refractivity contribution in [1.29, 1.82) is 0 Å². The minimum Gasteiger partial charge on any atom is -0.351 e. The molecule has 0 saturated heterocycles. The fraction of sp³-hybridized carbons (Fsp3) is 0.391. The largest absolute Gasteiger partial charge is 0.351 e. The van der Waals surface area contributed by atoms with Crippen LogP contribution in [0.5, 0.6) is 0 Å². The van der Waals surface area contributed by atoms with Crippen LogP contribution in [0.2, 0.25) is 0 Å². The first-order valence-corrected chi connectivity index (χ1v) is 11.5. The molecule has 3 heterocycles. The zero-order valence-corrected chi connectivity index (χ0v) is 18.5. The summed E-state index contributed by atoms with van der Waals surface area (Å²) >= 11 is 1.56. The first kappa shape index (κ1) is 19.9. The molecule has 1 aliphatic rings. The highest BCUT2D eigenvalue weighted by molar-refractivity contribution is 7.13. The molecule has 1 aliphatic carbocycles. The van der Waals surface area contributed by atoms with Gasteiger partial charge in [0, 0.05) is 25.4 Å². The summed E-state index contributed by atoms with van der Waals surface area (Å²) in [4.78, 5) is 22.6. The third-order valence-corrected chi connectivity index (χ3v) is 6.81. The van der Waals surface area contributed by atoms with Gasteiger partial charge in [-0.2, -0.15) is 4.98 Å². The lowest BCUT2D eigenvalue weighted by Crippen LogP contribution is -2.39. The van der Waals surface area contributed by atoms with Crippen LogP contribution in [-0.4, -0.2) is 31.6 Å². The first-order chi connectivity index (χ1) is 15.1. The van der Waals surface area contributed by atoms with Crippen molar-refractivity contribution in [2.45, 2.75) is 52.1 Å². The van der Waals surface area contributed by atoms with E-state index >= 15 is 0 Å². The second-order valence-corrected chi connectivity index (χ2v) is 9.27. The second-order valence-electron chi connectivity index (χ2n) is 8.32. The van der Waals surface area contributed by atoms with E-state index in [1.54, 1.807) is 11.3 Å². The van der Waals surface area contributed by atoms with E-state index in [4.69, 9.17) is 4.52 Å². The number of nitrogens with one attached hydrogen (secondary N) is 1. The van der Waals surface area contributed by atoms with E-state index in [-0.39, 0.29) is 11.9 Å². The molecule has 1 aromatic carbocycles. The molecule has 1 saturated carbocycles. The Kier molecular flexibility index (Phi) is 5.31. The molecule has 4 aromatic rings. The maximum atomic E-state index is 12.7. The lowest BCUT2D eigenvalue weighted by atomic mass is 10.1. The fourth-order valence-electron chi connectivity index (χ4n) is 3.84. The number of nitrogens with zero attached hydrogens (tertiary/aromatic N) is 4. The van der Waals surface area contributed by atoms with Crippen molar-refractivity contribution in [3.05, 3.63) is 53.0 Å². The first-order valence-electron chi connectivity index (χ1n) is 10.6. The predicted octanol–water partition coefficient (Wildman–Crippen LogP) is 4.29. The van der Waals surface area contributed by atoms with Gasteiger partial charge in [0.15, 0.2) is 0 Å². The van der Waals surface area contributed by atoms with Gasteiger partial charge >= 0.3 is 0 Å². The molecule has 0 unspecified atom stereocenters. The lowest BCUT2D eigenvalue weighted by Gasteiger charge is -2.19. The highest BCUT2D eigenvalue weighted by atomic mass is 32.1. The lowest BCUT2D eigenvalue weighted by molar-refractivity contribution is -0.122. The average Bonchev–Trinajstić information content (AvgIpc) is 3.13. The predicted molar refractivity (Wildman–Crippen MR) is 120 cm³/mol. The average molecular weight is 436 g/mol. The van der Waals surface area contributed by atoms with Crippen LogP contribution in [0.4, 0.5) is 0 Å². The highest BCUT2D eigenvalue weighted by Crippen LogP contribution is 2.34. The summed E-state index contributed by atoms with van der Waals surface area (Å²) in [6, 6.07) is 8.32. The number of imidazole rings is 1. The van der Waals surface area contributed by atoms with Crippen LogP contribution in [0.15, 0.2) is 40.5 Å². The summed E-state index contributed by atoms with van der Waals surface area (Å²) in [6.07, 6.45) is 4.97. The van der Waals surface area contributed by atoms with Crippen LogP contribution in [0, 0.1) is 19.8 Å². The SMILES string of the molecule is Cc1cc2ncn(C[C@H](NC(=O)CCc3nc(-c4cccs4)no3)C3CC3)c2cc1C. The number of aryl methyl sites for hydroxylation is 3. The number of benzene rings is 1. The van der Waals surface area contributed by atoms with Gasteiger partial charge in [0.2, 0.25) is 17.6 Å². The Hall–Kier alpha value is -3.00. The maximum absolute atomic E-state index is 12.7. The molecular weight excluding hydrogens is 410 g/mol. The monoisotopic (exact) mass is 435 g/mol. The van der Waals surface area contributed by atoms with Crippen LogP contribution in [-0.2, 0) is 17.8 Å². The molecule has 0 spiro atoms. The van der Waals surface area contributed by atoms with E-state index < -0.39 is 0 Å². The number of hydrogen-bond acceptors (Lipinski definition) is 6. The van der Waals surface area contributed by atoms with Gasteiger partial charge in [-0.15, -0.1) is 11.3 Å². The molecule has 8 heteroatoms. The summed E-state index contributed by atoms with van der Waals surface area (Å²) in [6.45, 7) is 4.96. The number of carbonyl (C=O) groups excluding carboxylic acids is 1. The Morgan fingerprint density at radius 2 is 2.16 bits per heavy atom. The number of rotatable bonds is 8. The number of fused-ring (bicyclic) bond motifs is 1. The van der Waals surface area contributed by atoms with Crippen LogP contribution >= 0.6 is 11.3 Å². The van der Waals surface area contributed by atoms with E-state index in [0.29, 0.717) is 30.5 Å². The van der Waals surface area contributed by atoms with Crippen molar-refractivity contribution < 1.29 is 9.32 Å². The summed E-state index contributed by atoms with van der Waals surface area (Å²) in [5.74, 6) is 1.62. The maximum Gasteiger partial charge on any atom is 0.227 e. The molecular formula is C23H25N5O2S. The molecule has 0 bridgehead atoms. The zero-order valence-electron chi connectivity index (χ0n) is 17.7. The topological polar surface area (TPSA) is 85.8 Å². The molecule has 1 amide bonds. The highest BCUT2D eigenvalue weighted by Gasteiger charge is 2.32. The molecule has 3 aromatic heterocycles.